The zero-order valence-corrected chi connectivity index (χ0v) is 11.2. The third-order valence-electron chi connectivity index (χ3n) is 4.57. The largest absolute Gasteiger partial charge is 0.313 e. The molecule has 0 heterocycles. The molecule has 2 aliphatic carbocycles. The fraction of sp³-hybridized carbons (Fsp3) is 1.00. The molecule has 0 radical (unpaired) electrons. The molecular weight excluding hydrogens is 194 g/mol. The van der Waals surface area contributed by atoms with Crippen molar-refractivity contribution in [3.63, 3.8) is 0 Å². The summed E-state index contributed by atoms with van der Waals surface area (Å²) in [5.74, 6) is 0.934. The van der Waals surface area contributed by atoms with E-state index in [2.05, 4.69) is 19.2 Å². The van der Waals surface area contributed by atoms with Gasteiger partial charge in [0.1, 0.15) is 0 Å². The van der Waals surface area contributed by atoms with Crippen molar-refractivity contribution >= 4 is 0 Å². The van der Waals surface area contributed by atoms with Crippen LogP contribution in [-0.4, -0.2) is 12.6 Å². The molecule has 2 fully saturated rings. The zero-order chi connectivity index (χ0) is 11.4. The maximum Gasteiger partial charge on any atom is 0.00684 e. The van der Waals surface area contributed by atoms with E-state index in [0.717, 1.165) is 12.0 Å². The SMILES string of the molecule is CCCC(C)CC1(CNC2CC2)CCCC1. The van der Waals surface area contributed by atoms with Crippen molar-refractivity contribution in [2.45, 2.75) is 77.7 Å². The van der Waals surface area contributed by atoms with E-state index in [-0.39, 0.29) is 0 Å². The summed E-state index contributed by atoms with van der Waals surface area (Å²) in [6.07, 6.45) is 13.0. The van der Waals surface area contributed by atoms with E-state index in [1.807, 2.05) is 0 Å². The minimum absolute atomic E-state index is 0.678. The Labute approximate surface area is 101 Å². The van der Waals surface area contributed by atoms with Crippen LogP contribution < -0.4 is 5.32 Å². The molecule has 2 rings (SSSR count). The van der Waals surface area contributed by atoms with Gasteiger partial charge in [-0.15, -0.1) is 0 Å². The Bertz CT molecular complexity index is 201. The highest BCUT2D eigenvalue weighted by Gasteiger charge is 2.36. The number of hydrogen-bond donors (Lipinski definition) is 1. The Morgan fingerprint density at radius 3 is 2.50 bits per heavy atom. The van der Waals surface area contributed by atoms with Crippen LogP contribution in [0.3, 0.4) is 0 Å². The number of nitrogens with one attached hydrogen (secondary N) is 1. The zero-order valence-electron chi connectivity index (χ0n) is 11.2. The van der Waals surface area contributed by atoms with Crippen LogP contribution in [0.1, 0.15) is 71.6 Å². The first-order valence-electron chi connectivity index (χ1n) is 7.47. The predicted molar refractivity (Wildman–Crippen MR) is 70.6 cm³/mol. The third-order valence-corrected chi connectivity index (χ3v) is 4.57. The first-order chi connectivity index (χ1) is 7.74. The van der Waals surface area contributed by atoms with Crippen LogP contribution in [0.5, 0.6) is 0 Å². The molecule has 0 aromatic heterocycles. The summed E-state index contributed by atoms with van der Waals surface area (Å²) in [7, 11) is 0. The molecule has 2 aliphatic rings. The smallest absolute Gasteiger partial charge is 0.00684 e. The molecule has 0 amide bonds. The Morgan fingerprint density at radius 2 is 1.94 bits per heavy atom. The molecule has 2 saturated carbocycles. The molecule has 0 saturated heterocycles. The van der Waals surface area contributed by atoms with Crippen molar-refractivity contribution in [2.75, 3.05) is 6.54 Å². The summed E-state index contributed by atoms with van der Waals surface area (Å²) < 4.78 is 0. The van der Waals surface area contributed by atoms with Gasteiger partial charge in [-0.1, -0.05) is 39.5 Å². The van der Waals surface area contributed by atoms with E-state index >= 15 is 0 Å². The van der Waals surface area contributed by atoms with Crippen molar-refractivity contribution in [1.29, 1.82) is 0 Å². The monoisotopic (exact) mass is 223 g/mol. The summed E-state index contributed by atoms with van der Waals surface area (Å²) in [6, 6.07) is 0.888. The van der Waals surface area contributed by atoms with Crippen LogP contribution in [0.25, 0.3) is 0 Å². The van der Waals surface area contributed by atoms with Crippen molar-refractivity contribution in [1.82, 2.24) is 5.32 Å². The molecule has 1 heteroatoms. The lowest BCUT2D eigenvalue weighted by molar-refractivity contribution is 0.210. The molecule has 0 spiro atoms. The lowest BCUT2D eigenvalue weighted by Gasteiger charge is -2.32. The summed E-state index contributed by atoms with van der Waals surface area (Å²) in [5.41, 5.74) is 0.678. The van der Waals surface area contributed by atoms with Crippen LogP contribution in [0.2, 0.25) is 0 Å². The second kappa shape index (κ2) is 5.53. The molecule has 16 heavy (non-hydrogen) atoms. The van der Waals surface area contributed by atoms with Gasteiger partial charge in [0, 0.05) is 12.6 Å². The van der Waals surface area contributed by atoms with Crippen molar-refractivity contribution < 1.29 is 0 Å². The van der Waals surface area contributed by atoms with Gasteiger partial charge < -0.3 is 5.32 Å². The van der Waals surface area contributed by atoms with Crippen molar-refractivity contribution in [3.8, 4) is 0 Å². The summed E-state index contributed by atoms with van der Waals surface area (Å²) in [5, 5.41) is 3.79. The average Bonchev–Trinajstić information content (AvgIpc) is 2.98. The van der Waals surface area contributed by atoms with E-state index in [4.69, 9.17) is 0 Å². The maximum atomic E-state index is 3.79. The highest BCUT2D eigenvalue weighted by atomic mass is 15.0. The second-order valence-corrected chi connectivity index (χ2v) is 6.46. The van der Waals surface area contributed by atoms with Gasteiger partial charge in [0.05, 0.1) is 0 Å². The van der Waals surface area contributed by atoms with E-state index < -0.39 is 0 Å². The fourth-order valence-electron chi connectivity index (χ4n) is 3.56. The Morgan fingerprint density at radius 1 is 1.25 bits per heavy atom. The topological polar surface area (TPSA) is 12.0 Å². The van der Waals surface area contributed by atoms with Gasteiger partial charge in [-0.05, 0) is 43.4 Å². The second-order valence-electron chi connectivity index (χ2n) is 6.46. The third kappa shape index (κ3) is 3.48. The molecule has 1 unspecified atom stereocenters. The molecule has 94 valence electrons. The minimum Gasteiger partial charge on any atom is -0.313 e. The molecule has 0 aromatic carbocycles. The highest BCUT2D eigenvalue weighted by Crippen LogP contribution is 2.43. The van der Waals surface area contributed by atoms with Crippen LogP contribution in [0, 0.1) is 11.3 Å². The molecule has 0 bridgehead atoms. The molecule has 0 aliphatic heterocycles. The highest BCUT2D eigenvalue weighted by molar-refractivity contribution is 4.91. The van der Waals surface area contributed by atoms with Crippen molar-refractivity contribution in [2.24, 2.45) is 11.3 Å². The number of rotatable bonds is 7. The predicted octanol–water partition coefficient (Wildman–Crippen LogP) is 4.13. The molecule has 0 aromatic rings. The quantitative estimate of drug-likeness (QED) is 0.684. The molecule has 1 atom stereocenters. The summed E-state index contributed by atoms with van der Waals surface area (Å²) in [4.78, 5) is 0. The van der Waals surface area contributed by atoms with E-state index in [9.17, 15) is 0 Å². The van der Waals surface area contributed by atoms with Gasteiger partial charge in [0.25, 0.3) is 0 Å². The van der Waals surface area contributed by atoms with Gasteiger partial charge in [-0.2, -0.15) is 0 Å². The van der Waals surface area contributed by atoms with Crippen LogP contribution in [0.15, 0.2) is 0 Å². The first kappa shape index (κ1) is 12.4. The number of hydrogen-bond acceptors (Lipinski definition) is 1. The Hall–Kier alpha value is -0.0400. The lowest BCUT2D eigenvalue weighted by Crippen LogP contribution is -2.34. The maximum absolute atomic E-state index is 3.79. The van der Waals surface area contributed by atoms with E-state index in [1.54, 1.807) is 0 Å². The van der Waals surface area contributed by atoms with Crippen LogP contribution >= 0.6 is 0 Å². The standard InChI is InChI=1S/C15H29N/c1-3-6-13(2)11-15(9-4-5-10-15)12-16-14-7-8-14/h13-14,16H,3-12H2,1-2H3. The summed E-state index contributed by atoms with van der Waals surface area (Å²) >= 11 is 0. The van der Waals surface area contributed by atoms with Crippen LogP contribution in [-0.2, 0) is 0 Å². The van der Waals surface area contributed by atoms with Gasteiger partial charge >= 0.3 is 0 Å². The molecule has 1 N–H and O–H groups in total. The van der Waals surface area contributed by atoms with Crippen molar-refractivity contribution in [3.05, 3.63) is 0 Å². The van der Waals surface area contributed by atoms with E-state index in [0.29, 0.717) is 5.41 Å². The Kier molecular flexibility index (Phi) is 4.29. The molecule has 1 nitrogen and oxygen atoms in total. The first-order valence-corrected chi connectivity index (χ1v) is 7.47. The fourth-order valence-corrected chi connectivity index (χ4v) is 3.56. The average molecular weight is 223 g/mol. The Balaban J connectivity index is 1.81. The normalized spacial score (nSPS) is 25.9. The van der Waals surface area contributed by atoms with Gasteiger partial charge in [-0.25, -0.2) is 0 Å². The summed E-state index contributed by atoms with van der Waals surface area (Å²) in [6.45, 7) is 6.09. The minimum atomic E-state index is 0.678. The van der Waals surface area contributed by atoms with Gasteiger partial charge in [0.2, 0.25) is 0 Å². The molecular formula is C15H29N. The van der Waals surface area contributed by atoms with Gasteiger partial charge in [0.15, 0.2) is 0 Å². The van der Waals surface area contributed by atoms with Crippen LogP contribution in [0.4, 0.5) is 0 Å². The van der Waals surface area contributed by atoms with E-state index in [1.165, 1.54) is 64.3 Å². The lowest BCUT2D eigenvalue weighted by atomic mass is 9.77. The van der Waals surface area contributed by atoms with Gasteiger partial charge in [-0.3, -0.25) is 0 Å².